The van der Waals surface area contributed by atoms with Gasteiger partial charge in [0.2, 0.25) is 6.79 Å². The highest BCUT2D eigenvalue weighted by Crippen LogP contribution is 2.40. The number of halogens is 3. The average Bonchev–Trinajstić information content (AvgIpc) is 2.93. The summed E-state index contributed by atoms with van der Waals surface area (Å²) in [5.74, 6) is 1.27. The topological polar surface area (TPSA) is 18.5 Å². The van der Waals surface area contributed by atoms with Crippen molar-refractivity contribution < 1.29 is 22.6 Å². The second-order valence-electron chi connectivity index (χ2n) is 4.80. The molecule has 0 spiro atoms. The highest BCUT2D eigenvalue weighted by atomic mass is 19.4. The lowest BCUT2D eigenvalue weighted by Gasteiger charge is -2.11. The van der Waals surface area contributed by atoms with Gasteiger partial charge in [-0.3, -0.25) is 0 Å². The monoisotopic (exact) mass is 294 g/mol. The van der Waals surface area contributed by atoms with Crippen LogP contribution in [0.5, 0.6) is 11.5 Å². The minimum atomic E-state index is -4.35. The highest BCUT2D eigenvalue weighted by Gasteiger charge is 2.30. The third kappa shape index (κ3) is 2.55. The van der Waals surface area contributed by atoms with Gasteiger partial charge >= 0.3 is 6.18 Å². The van der Waals surface area contributed by atoms with Crippen molar-refractivity contribution in [2.45, 2.75) is 19.5 Å². The first-order valence-corrected chi connectivity index (χ1v) is 6.59. The molecular weight excluding hydrogens is 281 g/mol. The number of aryl methyl sites for hydroxylation is 1. The summed E-state index contributed by atoms with van der Waals surface area (Å²) in [6, 6.07) is 8.86. The SMILES string of the molecule is CCc1cc(-c2cccc(C(F)(F)F)c2)cc2c1OCO2. The van der Waals surface area contributed by atoms with Gasteiger partial charge in [0.05, 0.1) is 5.56 Å². The highest BCUT2D eigenvalue weighted by molar-refractivity contribution is 5.70. The van der Waals surface area contributed by atoms with Crippen LogP contribution in [0.25, 0.3) is 11.1 Å². The van der Waals surface area contributed by atoms with E-state index in [1.54, 1.807) is 12.1 Å². The smallest absolute Gasteiger partial charge is 0.416 e. The molecule has 0 saturated heterocycles. The Bertz CT molecular complexity index is 678. The first-order chi connectivity index (χ1) is 9.99. The van der Waals surface area contributed by atoms with Crippen LogP contribution >= 0.6 is 0 Å². The van der Waals surface area contributed by atoms with Crippen molar-refractivity contribution in [3.05, 3.63) is 47.5 Å². The molecule has 0 bridgehead atoms. The predicted molar refractivity (Wildman–Crippen MR) is 72.4 cm³/mol. The van der Waals surface area contributed by atoms with E-state index in [0.717, 1.165) is 24.1 Å². The van der Waals surface area contributed by atoms with Crippen molar-refractivity contribution in [2.24, 2.45) is 0 Å². The standard InChI is InChI=1S/C16H13F3O2/c1-2-10-6-12(8-14-15(10)21-9-20-14)11-4-3-5-13(7-11)16(17,18)19/h3-8H,2,9H2,1H3. The Morgan fingerprint density at radius 3 is 2.57 bits per heavy atom. The van der Waals surface area contributed by atoms with Gasteiger partial charge in [-0.25, -0.2) is 0 Å². The van der Waals surface area contributed by atoms with E-state index in [2.05, 4.69) is 0 Å². The van der Waals surface area contributed by atoms with Crippen molar-refractivity contribution >= 4 is 0 Å². The van der Waals surface area contributed by atoms with Gasteiger partial charge in [-0.2, -0.15) is 13.2 Å². The largest absolute Gasteiger partial charge is 0.454 e. The summed E-state index contributed by atoms with van der Waals surface area (Å²) in [4.78, 5) is 0. The molecule has 0 aromatic heterocycles. The Labute approximate surface area is 120 Å². The third-order valence-corrected chi connectivity index (χ3v) is 3.45. The average molecular weight is 294 g/mol. The predicted octanol–water partition coefficient (Wildman–Crippen LogP) is 4.66. The summed E-state index contributed by atoms with van der Waals surface area (Å²) >= 11 is 0. The molecule has 0 aliphatic carbocycles. The van der Waals surface area contributed by atoms with E-state index in [-0.39, 0.29) is 6.79 Å². The van der Waals surface area contributed by atoms with E-state index >= 15 is 0 Å². The van der Waals surface area contributed by atoms with Crippen molar-refractivity contribution in [1.29, 1.82) is 0 Å². The van der Waals surface area contributed by atoms with E-state index < -0.39 is 11.7 Å². The number of hydrogen-bond acceptors (Lipinski definition) is 2. The molecule has 0 fully saturated rings. The summed E-state index contributed by atoms with van der Waals surface area (Å²) < 4.78 is 49.2. The minimum absolute atomic E-state index is 0.147. The fraction of sp³-hybridized carbons (Fsp3) is 0.250. The first-order valence-electron chi connectivity index (χ1n) is 6.59. The molecule has 0 amide bonds. The number of benzene rings is 2. The Kier molecular flexibility index (Phi) is 3.27. The van der Waals surface area contributed by atoms with Crippen molar-refractivity contribution in [3.63, 3.8) is 0 Å². The summed E-state index contributed by atoms with van der Waals surface area (Å²) in [6.07, 6.45) is -3.63. The number of alkyl halides is 3. The van der Waals surface area contributed by atoms with Crippen LogP contribution in [0.3, 0.4) is 0 Å². The van der Waals surface area contributed by atoms with Gasteiger partial charge < -0.3 is 9.47 Å². The van der Waals surface area contributed by atoms with Crippen LogP contribution < -0.4 is 9.47 Å². The molecule has 0 radical (unpaired) electrons. The summed E-state index contributed by atoms with van der Waals surface area (Å²) in [6.45, 7) is 2.11. The quantitative estimate of drug-likeness (QED) is 0.801. The molecule has 2 nitrogen and oxygen atoms in total. The lowest BCUT2D eigenvalue weighted by atomic mass is 9.99. The fourth-order valence-electron chi connectivity index (χ4n) is 2.39. The van der Waals surface area contributed by atoms with Crippen LogP contribution in [-0.2, 0) is 12.6 Å². The van der Waals surface area contributed by atoms with E-state index in [1.807, 2.05) is 13.0 Å². The van der Waals surface area contributed by atoms with E-state index in [9.17, 15) is 13.2 Å². The second-order valence-corrected chi connectivity index (χ2v) is 4.80. The molecule has 0 saturated carbocycles. The molecule has 21 heavy (non-hydrogen) atoms. The lowest BCUT2D eigenvalue weighted by molar-refractivity contribution is -0.137. The molecule has 2 aromatic carbocycles. The molecule has 5 heteroatoms. The van der Waals surface area contributed by atoms with Crippen molar-refractivity contribution in [1.82, 2.24) is 0 Å². The van der Waals surface area contributed by atoms with Crippen molar-refractivity contribution in [3.8, 4) is 22.6 Å². The van der Waals surface area contributed by atoms with Crippen molar-refractivity contribution in [2.75, 3.05) is 6.79 Å². The maximum atomic E-state index is 12.8. The fourth-order valence-corrected chi connectivity index (χ4v) is 2.39. The van der Waals surface area contributed by atoms with E-state index in [4.69, 9.17) is 9.47 Å². The Hall–Kier alpha value is -2.17. The van der Waals surface area contributed by atoms with Gasteiger partial charge in [-0.05, 0) is 47.4 Å². The lowest BCUT2D eigenvalue weighted by Crippen LogP contribution is -2.04. The maximum absolute atomic E-state index is 12.8. The van der Waals surface area contributed by atoms with E-state index in [1.165, 1.54) is 6.07 Å². The van der Waals surface area contributed by atoms with Gasteiger partial charge in [-0.15, -0.1) is 0 Å². The molecule has 1 heterocycles. The van der Waals surface area contributed by atoms with Gasteiger partial charge in [-0.1, -0.05) is 19.1 Å². The Morgan fingerprint density at radius 1 is 1.05 bits per heavy atom. The molecule has 0 N–H and O–H groups in total. The van der Waals surface area contributed by atoms with Gasteiger partial charge in [0, 0.05) is 0 Å². The van der Waals surface area contributed by atoms with Crippen LogP contribution in [0.2, 0.25) is 0 Å². The van der Waals surface area contributed by atoms with Gasteiger partial charge in [0.15, 0.2) is 11.5 Å². The maximum Gasteiger partial charge on any atom is 0.416 e. The van der Waals surface area contributed by atoms with Crippen LogP contribution in [-0.4, -0.2) is 6.79 Å². The molecular formula is C16H13F3O2. The Balaban J connectivity index is 2.09. The number of fused-ring (bicyclic) bond motifs is 1. The van der Waals surface area contributed by atoms with Crippen LogP contribution in [0, 0.1) is 0 Å². The Morgan fingerprint density at radius 2 is 1.86 bits per heavy atom. The zero-order valence-electron chi connectivity index (χ0n) is 11.3. The van der Waals surface area contributed by atoms with E-state index in [0.29, 0.717) is 22.6 Å². The molecule has 1 aliphatic heterocycles. The van der Waals surface area contributed by atoms with Crippen LogP contribution in [0.1, 0.15) is 18.1 Å². The molecule has 2 aromatic rings. The zero-order valence-corrected chi connectivity index (χ0v) is 11.3. The zero-order chi connectivity index (χ0) is 15.0. The van der Waals surface area contributed by atoms with Gasteiger partial charge in [0.1, 0.15) is 0 Å². The molecule has 1 aliphatic rings. The second kappa shape index (κ2) is 4.98. The first kappa shape index (κ1) is 13.8. The minimum Gasteiger partial charge on any atom is -0.454 e. The summed E-state index contributed by atoms with van der Waals surface area (Å²) in [7, 11) is 0. The molecule has 3 rings (SSSR count). The molecule has 0 unspecified atom stereocenters. The van der Waals surface area contributed by atoms with Crippen LogP contribution in [0.4, 0.5) is 13.2 Å². The van der Waals surface area contributed by atoms with Crippen LogP contribution in [0.15, 0.2) is 36.4 Å². The normalized spacial score (nSPS) is 13.5. The third-order valence-electron chi connectivity index (χ3n) is 3.45. The van der Waals surface area contributed by atoms with Gasteiger partial charge in [0.25, 0.3) is 0 Å². The number of hydrogen-bond donors (Lipinski definition) is 0. The summed E-state index contributed by atoms with van der Waals surface area (Å²) in [5.41, 5.74) is 1.48. The summed E-state index contributed by atoms with van der Waals surface area (Å²) in [5, 5.41) is 0. The number of rotatable bonds is 2. The molecule has 110 valence electrons. The molecule has 0 atom stereocenters. The number of ether oxygens (including phenoxy) is 2.